The molecule has 0 unspecified atom stereocenters. The first-order valence-corrected chi connectivity index (χ1v) is 6.39. The van der Waals surface area contributed by atoms with Gasteiger partial charge in [0.05, 0.1) is 5.69 Å². The van der Waals surface area contributed by atoms with Crippen LogP contribution in [0.25, 0.3) is 11.3 Å². The van der Waals surface area contributed by atoms with Crippen LogP contribution >= 0.6 is 0 Å². The lowest BCUT2D eigenvalue weighted by atomic mass is 10.0. The van der Waals surface area contributed by atoms with Crippen molar-refractivity contribution in [2.75, 3.05) is 0 Å². The van der Waals surface area contributed by atoms with E-state index in [9.17, 15) is 0 Å². The Morgan fingerprint density at radius 1 is 1.28 bits per heavy atom. The highest BCUT2D eigenvalue weighted by Crippen LogP contribution is 2.24. The molecule has 1 heterocycles. The van der Waals surface area contributed by atoms with Gasteiger partial charge in [-0.15, -0.1) is 0 Å². The summed E-state index contributed by atoms with van der Waals surface area (Å²) in [6.07, 6.45) is 1.84. The van der Waals surface area contributed by atoms with Gasteiger partial charge in [-0.2, -0.15) is 5.10 Å². The molecule has 3 heteroatoms. The van der Waals surface area contributed by atoms with Gasteiger partial charge in [0.25, 0.3) is 0 Å². The number of aromatic nitrogens is 2. The maximum atomic E-state index is 4.26. The molecule has 0 aliphatic rings. The third-order valence-electron chi connectivity index (χ3n) is 3.06. The summed E-state index contributed by atoms with van der Waals surface area (Å²) < 4.78 is 1.92. The van der Waals surface area contributed by atoms with Crippen LogP contribution in [-0.2, 0) is 13.6 Å². The van der Waals surface area contributed by atoms with Crippen LogP contribution in [0.2, 0.25) is 0 Å². The zero-order valence-electron chi connectivity index (χ0n) is 11.6. The molecule has 0 radical (unpaired) electrons. The predicted molar refractivity (Wildman–Crippen MR) is 75.4 cm³/mol. The third-order valence-corrected chi connectivity index (χ3v) is 3.06. The fourth-order valence-electron chi connectivity index (χ4n) is 2.04. The summed E-state index contributed by atoms with van der Waals surface area (Å²) in [5.74, 6) is 0. The minimum Gasteiger partial charge on any atom is -0.310 e. The zero-order chi connectivity index (χ0) is 13.1. The van der Waals surface area contributed by atoms with Crippen molar-refractivity contribution >= 4 is 0 Å². The highest BCUT2D eigenvalue weighted by molar-refractivity contribution is 5.64. The average Bonchev–Trinajstić information content (AvgIpc) is 2.73. The number of rotatable bonds is 4. The van der Waals surface area contributed by atoms with Gasteiger partial charge in [0, 0.05) is 31.4 Å². The number of nitrogens with one attached hydrogen (secondary N) is 1. The molecule has 1 aromatic carbocycles. The van der Waals surface area contributed by atoms with Gasteiger partial charge in [-0.3, -0.25) is 4.68 Å². The molecule has 18 heavy (non-hydrogen) atoms. The summed E-state index contributed by atoms with van der Waals surface area (Å²) in [6.45, 7) is 7.34. The lowest BCUT2D eigenvalue weighted by molar-refractivity contribution is 0.589. The van der Waals surface area contributed by atoms with E-state index in [1.165, 1.54) is 22.4 Å². The summed E-state index contributed by atoms with van der Waals surface area (Å²) in [5, 5.41) is 7.73. The minimum absolute atomic E-state index is 0.491. The molecule has 2 aromatic rings. The number of hydrogen-bond donors (Lipinski definition) is 1. The summed E-state index contributed by atoms with van der Waals surface area (Å²) in [5.41, 5.74) is 5.03. The van der Waals surface area contributed by atoms with Crippen LogP contribution < -0.4 is 5.32 Å². The Bertz CT molecular complexity index is 526. The van der Waals surface area contributed by atoms with Crippen molar-refractivity contribution in [2.24, 2.45) is 7.05 Å². The van der Waals surface area contributed by atoms with Crippen molar-refractivity contribution in [3.05, 3.63) is 41.6 Å². The largest absolute Gasteiger partial charge is 0.310 e. The molecule has 0 saturated heterocycles. The van der Waals surface area contributed by atoms with E-state index < -0.39 is 0 Å². The quantitative estimate of drug-likeness (QED) is 0.895. The molecule has 0 spiro atoms. The Hall–Kier alpha value is -1.61. The molecule has 0 saturated carbocycles. The van der Waals surface area contributed by atoms with Crippen LogP contribution in [0.4, 0.5) is 0 Å². The maximum Gasteiger partial charge on any atom is 0.0682 e. The lowest BCUT2D eigenvalue weighted by Gasteiger charge is -2.13. The van der Waals surface area contributed by atoms with E-state index in [2.05, 4.69) is 55.5 Å². The van der Waals surface area contributed by atoms with Gasteiger partial charge in [0.2, 0.25) is 0 Å². The third kappa shape index (κ3) is 2.79. The van der Waals surface area contributed by atoms with Gasteiger partial charge in [0.1, 0.15) is 0 Å². The van der Waals surface area contributed by atoms with Crippen LogP contribution in [0, 0.1) is 6.92 Å². The first-order valence-electron chi connectivity index (χ1n) is 6.39. The van der Waals surface area contributed by atoms with E-state index in [1.807, 2.05) is 17.9 Å². The van der Waals surface area contributed by atoms with Gasteiger partial charge in [-0.05, 0) is 24.6 Å². The lowest BCUT2D eigenvalue weighted by Crippen LogP contribution is -2.22. The van der Waals surface area contributed by atoms with Gasteiger partial charge >= 0.3 is 0 Å². The molecular formula is C15H21N3. The molecule has 96 valence electrons. The first kappa shape index (κ1) is 12.8. The molecule has 0 amide bonds. The number of aryl methyl sites for hydroxylation is 2. The first-order chi connectivity index (χ1) is 8.58. The van der Waals surface area contributed by atoms with Gasteiger partial charge in [-0.25, -0.2) is 0 Å². The highest BCUT2D eigenvalue weighted by Gasteiger charge is 2.09. The number of benzene rings is 1. The molecule has 1 aromatic heterocycles. The second-order valence-corrected chi connectivity index (χ2v) is 5.04. The Kier molecular flexibility index (Phi) is 3.82. The monoisotopic (exact) mass is 243 g/mol. The van der Waals surface area contributed by atoms with Crippen LogP contribution in [0.3, 0.4) is 0 Å². The Morgan fingerprint density at radius 2 is 2.06 bits per heavy atom. The van der Waals surface area contributed by atoms with Gasteiger partial charge in [0.15, 0.2) is 0 Å². The smallest absolute Gasteiger partial charge is 0.0682 e. The summed E-state index contributed by atoms with van der Waals surface area (Å²) >= 11 is 0. The predicted octanol–water partition coefficient (Wildman–Crippen LogP) is 2.89. The molecule has 0 atom stereocenters. The topological polar surface area (TPSA) is 29.9 Å². The minimum atomic E-state index is 0.491. The zero-order valence-corrected chi connectivity index (χ0v) is 11.6. The highest BCUT2D eigenvalue weighted by atomic mass is 15.3. The SMILES string of the molecule is Cc1ccc(CNC(C)C)c(-c2ccnn2C)c1. The van der Waals surface area contributed by atoms with Crippen LogP contribution in [0.1, 0.15) is 25.0 Å². The molecule has 0 aliphatic heterocycles. The average molecular weight is 243 g/mol. The number of hydrogen-bond acceptors (Lipinski definition) is 2. The molecule has 0 aliphatic carbocycles. The second-order valence-electron chi connectivity index (χ2n) is 5.04. The van der Waals surface area contributed by atoms with E-state index in [4.69, 9.17) is 0 Å². The molecule has 0 bridgehead atoms. The molecular weight excluding hydrogens is 222 g/mol. The van der Waals surface area contributed by atoms with Gasteiger partial charge < -0.3 is 5.32 Å². The van der Waals surface area contributed by atoms with E-state index in [0.717, 1.165) is 6.54 Å². The van der Waals surface area contributed by atoms with Crippen molar-refractivity contribution in [1.82, 2.24) is 15.1 Å². The van der Waals surface area contributed by atoms with Crippen molar-refractivity contribution in [1.29, 1.82) is 0 Å². The molecule has 0 fully saturated rings. The fraction of sp³-hybridized carbons (Fsp3) is 0.400. The molecule has 3 nitrogen and oxygen atoms in total. The van der Waals surface area contributed by atoms with E-state index >= 15 is 0 Å². The van der Waals surface area contributed by atoms with Crippen LogP contribution in [0.15, 0.2) is 30.5 Å². The standard InChI is InChI=1S/C15H21N3/c1-11(2)16-10-13-6-5-12(3)9-14(13)15-7-8-17-18(15)4/h5-9,11,16H,10H2,1-4H3. The van der Waals surface area contributed by atoms with Gasteiger partial charge in [-0.1, -0.05) is 31.5 Å². The Balaban J connectivity index is 2.38. The molecule has 2 rings (SSSR count). The van der Waals surface area contributed by atoms with Crippen molar-refractivity contribution in [3.8, 4) is 11.3 Å². The Labute approximate surface area is 109 Å². The summed E-state index contributed by atoms with van der Waals surface area (Å²) in [6, 6.07) is 9.15. The van der Waals surface area contributed by atoms with Crippen molar-refractivity contribution in [3.63, 3.8) is 0 Å². The van der Waals surface area contributed by atoms with E-state index in [1.54, 1.807) is 0 Å². The van der Waals surface area contributed by atoms with Crippen molar-refractivity contribution in [2.45, 2.75) is 33.4 Å². The number of nitrogens with zero attached hydrogens (tertiary/aromatic N) is 2. The molecule has 1 N–H and O–H groups in total. The summed E-state index contributed by atoms with van der Waals surface area (Å²) in [4.78, 5) is 0. The Morgan fingerprint density at radius 3 is 2.67 bits per heavy atom. The second kappa shape index (κ2) is 5.36. The van der Waals surface area contributed by atoms with Crippen LogP contribution in [-0.4, -0.2) is 15.8 Å². The van der Waals surface area contributed by atoms with Crippen molar-refractivity contribution < 1.29 is 0 Å². The summed E-state index contributed by atoms with van der Waals surface area (Å²) in [7, 11) is 1.98. The fourth-order valence-corrected chi connectivity index (χ4v) is 2.04. The maximum absolute atomic E-state index is 4.26. The van der Waals surface area contributed by atoms with Crippen LogP contribution in [0.5, 0.6) is 0 Å². The van der Waals surface area contributed by atoms with E-state index in [0.29, 0.717) is 6.04 Å². The normalized spacial score (nSPS) is 11.2. The van der Waals surface area contributed by atoms with E-state index in [-0.39, 0.29) is 0 Å².